The molecular formula is C12H12N2O. The number of nitrogens with one attached hydrogen (secondary N) is 1. The fourth-order valence-electron chi connectivity index (χ4n) is 1.34. The van der Waals surface area contributed by atoms with Crippen molar-refractivity contribution in [1.82, 2.24) is 5.32 Å². The Bertz CT molecular complexity index is 404. The number of amides is 1. The maximum Gasteiger partial charge on any atom is 0.264 e. The van der Waals surface area contributed by atoms with E-state index in [-0.39, 0.29) is 5.91 Å². The van der Waals surface area contributed by atoms with Crippen LogP contribution in [0, 0.1) is 11.5 Å². The molecule has 0 aromatic heterocycles. The number of carbonyl (C=O) groups excluding carboxylic acids is 1. The topological polar surface area (TPSA) is 52.9 Å². The third-order valence-corrected chi connectivity index (χ3v) is 2.05. The number of aryl methyl sites for hydroxylation is 1. The van der Waals surface area contributed by atoms with Crippen LogP contribution in [0.3, 0.4) is 0 Å². The molecule has 3 heteroatoms. The molecular weight excluding hydrogens is 188 g/mol. The predicted octanol–water partition coefficient (Wildman–Crippen LogP) is 2.02. The molecule has 0 saturated carbocycles. The first kappa shape index (κ1) is 11.0. The molecule has 0 aliphatic rings. The summed E-state index contributed by atoms with van der Waals surface area (Å²) in [6.45, 7) is 3.63. The Morgan fingerprint density at radius 2 is 2.27 bits per heavy atom. The van der Waals surface area contributed by atoms with E-state index in [9.17, 15) is 4.79 Å². The van der Waals surface area contributed by atoms with Crippen molar-refractivity contribution in [2.45, 2.75) is 12.8 Å². The fourth-order valence-corrected chi connectivity index (χ4v) is 1.34. The first-order chi connectivity index (χ1) is 7.29. The molecule has 0 heterocycles. The van der Waals surface area contributed by atoms with Gasteiger partial charge in [-0.15, -0.1) is 6.58 Å². The Labute approximate surface area is 89.0 Å². The highest BCUT2D eigenvalue weighted by atomic mass is 16.1. The molecule has 1 aromatic carbocycles. The van der Waals surface area contributed by atoms with Gasteiger partial charge in [0.25, 0.3) is 5.91 Å². The average molecular weight is 200 g/mol. The van der Waals surface area contributed by atoms with Gasteiger partial charge in [-0.25, -0.2) is 0 Å². The normalized spacial score (nSPS) is 9.00. The van der Waals surface area contributed by atoms with Crippen molar-refractivity contribution in [2.24, 2.45) is 0 Å². The van der Waals surface area contributed by atoms with Crippen LogP contribution in [0.1, 0.15) is 22.3 Å². The molecule has 0 bridgehead atoms. The van der Waals surface area contributed by atoms with Gasteiger partial charge in [0.1, 0.15) is 0 Å². The number of allylic oxidation sites excluding steroid dienone is 1. The summed E-state index contributed by atoms with van der Waals surface area (Å²) in [5.41, 5.74) is 1.49. The van der Waals surface area contributed by atoms with Crippen LogP contribution in [0.4, 0.5) is 0 Å². The van der Waals surface area contributed by atoms with Gasteiger partial charge in [0.2, 0.25) is 0 Å². The van der Waals surface area contributed by atoms with Crippen molar-refractivity contribution in [2.75, 3.05) is 0 Å². The monoisotopic (exact) mass is 200 g/mol. The lowest BCUT2D eigenvalue weighted by Crippen LogP contribution is -2.19. The van der Waals surface area contributed by atoms with Crippen molar-refractivity contribution < 1.29 is 4.79 Å². The summed E-state index contributed by atoms with van der Waals surface area (Å²) in [6, 6.07) is 7.26. The summed E-state index contributed by atoms with van der Waals surface area (Å²) in [6.07, 6.45) is 5.01. The number of nitriles is 1. The van der Waals surface area contributed by atoms with Crippen LogP contribution in [-0.2, 0) is 6.42 Å². The second-order valence-electron chi connectivity index (χ2n) is 3.05. The highest BCUT2D eigenvalue weighted by Crippen LogP contribution is 2.11. The van der Waals surface area contributed by atoms with Gasteiger partial charge in [0.05, 0.1) is 0 Å². The molecule has 0 atom stereocenters. The minimum atomic E-state index is -0.350. The number of rotatable bonds is 4. The molecule has 0 fully saturated rings. The maximum absolute atomic E-state index is 11.5. The molecule has 0 aliphatic heterocycles. The van der Waals surface area contributed by atoms with Crippen LogP contribution in [-0.4, -0.2) is 5.91 Å². The molecule has 15 heavy (non-hydrogen) atoms. The second kappa shape index (κ2) is 5.61. The molecule has 3 nitrogen and oxygen atoms in total. The summed E-state index contributed by atoms with van der Waals surface area (Å²) in [5.74, 6) is -0.350. The van der Waals surface area contributed by atoms with Crippen LogP contribution in [0.5, 0.6) is 0 Å². The smallest absolute Gasteiger partial charge is 0.264 e. The van der Waals surface area contributed by atoms with Gasteiger partial charge in [0, 0.05) is 5.56 Å². The Hall–Kier alpha value is -2.08. The summed E-state index contributed by atoms with van der Waals surface area (Å²) < 4.78 is 0. The summed E-state index contributed by atoms with van der Waals surface area (Å²) in [7, 11) is 0. The van der Waals surface area contributed by atoms with Crippen molar-refractivity contribution >= 4 is 5.91 Å². The van der Waals surface area contributed by atoms with Crippen LogP contribution in [0.2, 0.25) is 0 Å². The molecule has 1 aromatic rings. The van der Waals surface area contributed by atoms with E-state index in [0.29, 0.717) is 5.56 Å². The Morgan fingerprint density at radius 1 is 1.53 bits per heavy atom. The van der Waals surface area contributed by atoms with Crippen molar-refractivity contribution in [1.29, 1.82) is 5.26 Å². The Balaban J connectivity index is 2.91. The number of hydrogen-bond donors (Lipinski definition) is 1. The van der Waals surface area contributed by atoms with E-state index >= 15 is 0 Å². The highest BCUT2D eigenvalue weighted by Gasteiger charge is 2.08. The zero-order valence-electron chi connectivity index (χ0n) is 8.36. The standard InChI is InChI=1S/C12H12N2O/c1-2-3-6-10-7-4-5-8-11(10)12(15)14-9-13/h2,4-5,7-8H,1,3,6H2,(H,14,15). The third kappa shape index (κ3) is 2.96. The molecule has 0 spiro atoms. The van der Waals surface area contributed by atoms with Gasteiger partial charge < -0.3 is 0 Å². The summed E-state index contributed by atoms with van der Waals surface area (Å²) in [5, 5.41) is 10.5. The van der Waals surface area contributed by atoms with Crippen LogP contribution in [0.15, 0.2) is 36.9 Å². The van der Waals surface area contributed by atoms with Crippen LogP contribution < -0.4 is 5.32 Å². The lowest BCUT2D eigenvalue weighted by Gasteiger charge is -2.05. The molecule has 0 radical (unpaired) electrons. The van der Waals surface area contributed by atoms with Crippen molar-refractivity contribution in [3.63, 3.8) is 0 Å². The highest BCUT2D eigenvalue weighted by molar-refractivity contribution is 5.96. The lowest BCUT2D eigenvalue weighted by molar-refractivity contribution is 0.0972. The largest absolute Gasteiger partial charge is 0.268 e. The summed E-state index contributed by atoms with van der Waals surface area (Å²) in [4.78, 5) is 11.5. The number of hydrogen-bond acceptors (Lipinski definition) is 2. The molecule has 0 aliphatic carbocycles. The Morgan fingerprint density at radius 3 is 2.93 bits per heavy atom. The van der Waals surface area contributed by atoms with Crippen molar-refractivity contribution in [3.05, 3.63) is 48.0 Å². The van der Waals surface area contributed by atoms with E-state index in [1.165, 1.54) is 0 Å². The first-order valence-corrected chi connectivity index (χ1v) is 4.68. The van der Waals surface area contributed by atoms with Crippen molar-refractivity contribution in [3.8, 4) is 6.19 Å². The predicted molar refractivity (Wildman–Crippen MR) is 58.0 cm³/mol. The first-order valence-electron chi connectivity index (χ1n) is 4.68. The maximum atomic E-state index is 11.5. The number of benzene rings is 1. The van der Waals surface area contributed by atoms with E-state index in [4.69, 9.17) is 5.26 Å². The zero-order valence-corrected chi connectivity index (χ0v) is 8.36. The molecule has 1 rings (SSSR count). The number of nitrogens with zero attached hydrogens (tertiary/aromatic N) is 1. The van der Waals surface area contributed by atoms with E-state index < -0.39 is 0 Å². The van der Waals surface area contributed by atoms with E-state index in [0.717, 1.165) is 18.4 Å². The molecule has 1 N–H and O–H groups in total. The van der Waals surface area contributed by atoms with Crippen LogP contribution >= 0.6 is 0 Å². The van der Waals surface area contributed by atoms with E-state index in [1.54, 1.807) is 24.4 Å². The van der Waals surface area contributed by atoms with Gasteiger partial charge in [-0.3, -0.25) is 10.1 Å². The van der Waals surface area contributed by atoms with Gasteiger partial charge >= 0.3 is 0 Å². The summed E-state index contributed by atoms with van der Waals surface area (Å²) >= 11 is 0. The minimum Gasteiger partial charge on any atom is -0.268 e. The molecule has 1 amide bonds. The quantitative estimate of drug-likeness (QED) is 0.459. The lowest BCUT2D eigenvalue weighted by atomic mass is 10.0. The molecule has 0 saturated heterocycles. The average Bonchev–Trinajstić information content (AvgIpc) is 2.27. The molecule has 0 unspecified atom stereocenters. The fraction of sp³-hybridized carbons (Fsp3) is 0.167. The van der Waals surface area contributed by atoms with Gasteiger partial charge in [-0.1, -0.05) is 24.3 Å². The molecule has 76 valence electrons. The van der Waals surface area contributed by atoms with E-state index in [2.05, 4.69) is 11.9 Å². The third-order valence-electron chi connectivity index (χ3n) is 2.05. The van der Waals surface area contributed by atoms with E-state index in [1.807, 2.05) is 12.1 Å². The van der Waals surface area contributed by atoms with Crippen LogP contribution in [0.25, 0.3) is 0 Å². The SMILES string of the molecule is C=CCCc1ccccc1C(=O)NC#N. The van der Waals surface area contributed by atoms with Gasteiger partial charge in [0.15, 0.2) is 6.19 Å². The minimum absolute atomic E-state index is 0.350. The van der Waals surface area contributed by atoms with Gasteiger partial charge in [-0.2, -0.15) is 5.26 Å². The Kier molecular flexibility index (Phi) is 4.11. The number of carbonyl (C=O) groups is 1. The van der Waals surface area contributed by atoms with Gasteiger partial charge in [-0.05, 0) is 24.5 Å². The zero-order chi connectivity index (χ0) is 11.1. The second-order valence-corrected chi connectivity index (χ2v) is 3.05.